The first kappa shape index (κ1) is 16.3. The summed E-state index contributed by atoms with van der Waals surface area (Å²) >= 11 is 0. The fourth-order valence-electron chi connectivity index (χ4n) is 2.22. The summed E-state index contributed by atoms with van der Waals surface area (Å²) in [7, 11) is -1.60. The molecule has 0 spiro atoms. The first-order valence-corrected chi connectivity index (χ1v) is 8.97. The summed E-state index contributed by atoms with van der Waals surface area (Å²) in [5.74, 6) is 0.744. The van der Waals surface area contributed by atoms with Crippen molar-refractivity contribution in [2.24, 2.45) is 0 Å². The van der Waals surface area contributed by atoms with Crippen molar-refractivity contribution >= 4 is 10.0 Å². The van der Waals surface area contributed by atoms with Crippen LogP contribution in [0.1, 0.15) is 38.2 Å². The lowest BCUT2D eigenvalue weighted by molar-refractivity contribution is 0.313. The third kappa shape index (κ3) is 4.18. The van der Waals surface area contributed by atoms with E-state index < -0.39 is 10.0 Å². The predicted octanol–water partition coefficient (Wildman–Crippen LogP) is 2.03. The van der Waals surface area contributed by atoms with Gasteiger partial charge in [-0.1, -0.05) is 13.3 Å². The van der Waals surface area contributed by atoms with Crippen molar-refractivity contribution in [3.05, 3.63) is 23.8 Å². The lowest BCUT2D eigenvalue weighted by Crippen LogP contribution is -2.39. The van der Waals surface area contributed by atoms with Gasteiger partial charge in [-0.05, 0) is 44.5 Å². The topological polar surface area (TPSA) is 67.4 Å². The molecule has 0 atom stereocenters. The van der Waals surface area contributed by atoms with Crippen LogP contribution in [0, 0.1) is 0 Å². The Bertz CT molecular complexity index is 568. The van der Waals surface area contributed by atoms with E-state index in [1.54, 1.807) is 18.2 Å². The minimum absolute atomic E-state index is 0.0961. The minimum Gasteiger partial charge on any atom is -0.493 e. The highest BCUT2D eigenvalue weighted by Crippen LogP contribution is 2.25. The van der Waals surface area contributed by atoms with E-state index in [0.717, 1.165) is 37.0 Å². The molecule has 1 saturated carbocycles. The van der Waals surface area contributed by atoms with Crippen molar-refractivity contribution < 1.29 is 13.2 Å². The molecular formula is C15H24N2O3S. The molecule has 2 rings (SSSR count). The van der Waals surface area contributed by atoms with Gasteiger partial charge in [0, 0.05) is 18.2 Å². The van der Waals surface area contributed by atoms with Gasteiger partial charge in [-0.25, -0.2) is 13.1 Å². The third-order valence-electron chi connectivity index (χ3n) is 3.60. The van der Waals surface area contributed by atoms with Gasteiger partial charge in [0.1, 0.15) is 5.75 Å². The van der Waals surface area contributed by atoms with Crippen LogP contribution in [-0.2, 0) is 16.6 Å². The van der Waals surface area contributed by atoms with Crippen molar-refractivity contribution in [1.82, 2.24) is 10.0 Å². The second-order valence-electron chi connectivity index (χ2n) is 5.40. The quantitative estimate of drug-likeness (QED) is 0.771. The van der Waals surface area contributed by atoms with E-state index in [4.69, 9.17) is 4.74 Å². The largest absolute Gasteiger partial charge is 0.493 e. The molecule has 0 aliphatic heterocycles. The van der Waals surface area contributed by atoms with Crippen LogP contribution in [0.2, 0.25) is 0 Å². The zero-order valence-electron chi connectivity index (χ0n) is 12.7. The van der Waals surface area contributed by atoms with Gasteiger partial charge >= 0.3 is 0 Å². The number of nitrogens with one attached hydrogen (secondary N) is 2. The molecule has 1 fully saturated rings. The van der Waals surface area contributed by atoms with Crippen LogP contribution < -0.4 is 14.8 Å². The molecule has 1 aliphatic rings. The SMILES string of the molecule is CCCOc1ccc(S(=O)(=O)NC2CCC2)cc1CNC. The summed E-state index contributed by atoms with van der Waals surface area (Å²) in [6, 6.07) is 5.16. The maximum absolute atomic E-state index is 12.3. The molecule has 1 aromatic carbocycles. The van der Waals surface area contributed by atoms with E-state index in [9.17, 15) is 8.42 Å². The molecule has 0 unspecified atom stereocenters. The average Bonchev–Trinajstić information content (AvgIpc) is 2.42. The van der Waals surface area contributed by atoms with Crippen LogP contribution in [0.5, 0.6) is 5.75 Å². The summed E-state index contributed by atoms with van der Waals surface area (Å²) in [6.07, 6.45) is 3.88. The summed E-state index contributed by atoms with van der Waals surface area (Å²) < 4.78 is 33.1. The molecule has 118 valence electrons. The third-order valence-corrected chi connectivity index (χ3v) is 5.12. The average molecular weight is 312 g/mol. The Kier molecular flexibility index (Phi) is 5.61. The van der Waals surface area contributed by atoms with Gasteiger partial charge in [0.25, 0.3) is 0 Å². The Morgan fingerprint density at radius 2 is 2.10 bits per heavy atom. The Morgan fingerprint density at radius 3 is 2.67 bits per heavy atom. The van der Waals surface area contributed by atoms with Crippen LogP contribution in [0.25, 0.3) is 0 Å². The van der Waals surface area contributed by atoms with Crippen LogP contribution in [0.4, 0.5) is 0 Å². The molecule has 0 saturated heterocycles. The molecule has 0 aromatic heterocycles. The smallest absolute Gasteiger partial charge is 0.240 e. The predicted molar refractivity (Wildman–Crippen MR) is 83.0 cm³/mol. The highest BCUT2D eigenvalue weighted by Gasteiger charge is 2.25. The van der Waals surface area contributed by atoms with Crippen LogP contribution in [-0.4, -0.2) is 28.1 Å². The van der Waals surface area contributed by atoms with Crippen molar-refractivity contribution in [3.8, 4) is 5.75 Å². The fourth-order valence-corrected chi connectivity index (χ4v) is 3.57. The van der Waals surface area contributed by atoms with Crippen LogP contribution in [0.3, 0.4) is 0 Å². The van der Waals surface area contributed by atoms with Gasteiger partial charge in [0.15, 0.2) is 0 Å². The van der Waals surface area contributed by atoms with Crippen LogP contribution >= 0.6 is 0 Å². The highest BCUT2D eigenvalue weighted by atomic mass is 32.2. The lowest BCUT2D eigenvalue weighted by Gasteiger charge is -2.26. The van der Waals surface area contributed by atoms with Crippen molar-refractivity contribution in [3.63, 3.8) is 0 Å². The van der Waals surface area contributed by atoms with Gasteiger partial charge in [0.2, 0.25) is 10.0 Å². The fraction of sp³-hybridized carbons (Fsp3) is 0.600. The number of hydrogen-bond acceptors (Lipinski definition) is 4. The number of hydrogen-bond donors (Lipinski definition) is 2. The van der Waals surface area contributed by atoms with Gasteiger partial charge in [-0.15, -0.1) is 0 Å². The van der Waals surface area contributed by atoms with E-state index in [0.29, 0.717) is 18.0 Å². The van der Waals surface area contributed by atoms with E-state index >= 15 is 0 Å². The first-order chi connectivity index (χ1) is 10.1. The number of ether oxygens (including phenoxy) is 1. The Hall–Kier alpha value is -1.11. The molecule has 0 radical (unpaired) electrons. The molecule has 0 heterocycles. The summed E-state index contributed by atoms with van der Waals surface area (Å²) in [5, 5.41) is 3.05. The first-order valence-electron chi connectivity index (χ1n) is 7.49. The van der Waals surface area contributed by atoms with Gasteiger partial charge < -0.3 is 10.1 Å². The van der Waals surface area contributed by atoms with E-state index in [-0.39, 0.29) is 6.04 Å². The highest BCUT2D eigenvalue weighted by molar-refractivity contribution is 7.89. The summed E-state index contributed by atoms with van der Waals surface area (Å²) in [5.41, 5.74) is 0.863. The van der Waals surface area contributed by atoms with E-state index in [1.807, 2.05) is 14.0 Å². The molecule has 0 bridgehead atoms. The Balaban J connectivity index is 2.21. The van der Waals surface area contributed by atoms with Crippen molar-refractivity contribution in [2.75, 3.05) is 13.7 Å². The Morgan fingerprint density at radius 1 is 1.33 bits per heavy atom. The molecular weight excluding hydrogens is 288 g/mol. The molecule has 1 aromatic rings. The molecule has 21 heavy (non-hydrogen) atoms. The molecule has 5 nitrogen and oxygen atoms in total. The van der Waals surface area contributed by atoms with Crippen LogP contribution in [0.15, 0.2) is 23.1 Å². The summed E-state index contributed by atoms with van der Waals surface area (Å²) in [6.45, 7) is 3.24. The minimum atomic E-state index is -3.43. The molecule has 6 heteroatoms. The number of benzene rings is 1. The zero-order chi connectivity index (χ0) is 15.3. The second-order valence-corrected chi connectivity index (χ2v) is 7.11. The van der Waals surface area contributed by atoms with Gasteiger partial charge in [0.05, 0.1) is 11.5 Å². The molecule has 2 N–H and O–H groups in total. The zero-order valence-corrected chi connectivity index (χ0v) is 13.5. The summed E-state index contributed by atoms with van der Waals surface area (Å²) in [4.78, 5) is 0.309. The normalized spacial score (nSPS) is 15.7. The lowest BCUT2D eigenvalue weighted by atomic mass is 9.94. The number of sulfonamides is 1. The van der Waals surface area contributed by atoms with E-state index in [2.05, 4.69) is 10.0 Å². The van der Waals surface area contributed by atoms with Gasteiger partial charge in [-0.2, -0.15) is 0 Å². The Labute approximate surface area is 127 Å². The maximum Gasteiger partial charge on any atom is 0.240 e. The monoisotopic (exact) mass is 312 g/mol. The van der Waals surface area contributed by atoms with E-state index in [1.165, 1.54) is 0 Å². The second kappa shape index (κ2) is 7.24. The van der Waals surface area contributed by atoms with Gasteiger partial charge in [-0.3, -0.25) is 0 Å². The van der Waals surface area contributed by atoms with Crippen molar-refractivity contribution in [2.45, 2.75) is 50.1 Å². The van der Waals surface area contributed by atoms with Crippen molar-refractivity contribution in [1.29, 1.82) is 0 Å². The standard InChI is InChI=1S/C15H24N2O3S/c1-3-9-20-15-8-7-14(10-12(15)11-16-2)21(18,19)17-13-5-4-6-13/h7-8,10,13,16-17H,3-6,9,11H2,1-2H3. The molecule has 1 aliphatic carbocycles. The molecule has 0 amide bonds. The number of rotatable bonds is 8. The maximum atomic E-state index is 12.3.